The molecule has 1 amide bonds. The number of amides is 1. The van der Waals surface area contributed by atoms with E-state index in [0.717, 1.165) is 17.1 Å². The summed E-state index contributed by atoms with van der Waals surface area (Å²) in [5.74, 6) is 1.24. The first-order valence-corrected chi connectivity index (χ1v) is 8.24. The minimum atomic E-state index is -3.76. The van der Waals surface area contributed by atoms with Crippen molar-refractivity contribution < 1.29 is 17.6 Å². The summed E-state index contributed by atoms with van der Waals surface area (Å²) in [6.45, 7) is 5.54. The topological polar surface area (TPSA) is 102 Å². The van der Waals surface area contributed by atoms with E-state index in [2.05, 4.69) is 5.32 Å². The Morgan fingerprint density at radius 3 is 2.27 bits per heavy atom. The van der Waals surface area contributed by atoms with Crippen LogP contribution in [-0.2, 0) is 10.0 Å². The quantitative estimate of drug-likeness (QED) is 0.899. The molecule has 3 N–H and O–H groups in total. The van der Waals surface area contributed by atoms with Gasteiger partial charge in [-0.25, -0.2) is 13.6 Å². The number of carbonyl (C=O) groups is 1. The van der Waals surface area contributed by atoms with Gasteiger partial charge in [-0.05, 0) is 51.1 Å². The van der Waals surface area contributed by atoms with Gasteiger partial charge in [-0.2, -0.15) is 0 Å². The minimum Gasteiger partial charge on any atom is -0.466 e. The van der Waals surface area contributed by atoms with Gasteiger partial charge in [-0.15, -0.1) is 0 Å². The molecule has 1 heterocycles. The summed E-state index contributed by atoms with van der Waals surface area (Å²) in [4.78, 5) is 12.2. The maximum absolute atomic E-state index is 12.2. The Hall–Kier alpha value is -2.12. The molecule has 0 saturated heterocycles. The molecule has 1 atom stereocenters. The van der Waals surface area contributed by atoms with Crippen molar-refractivity contribution in [2.45, 2.75) is 31.7 Å². The molecule has 7 heteroatoms. The van der Waals surface area contributed by atoms with Crippen molar-refractivity contribution in [1.82, 2.24) is 5.32 Å². The van der Waals surface area contributed by atoms with Crippen molar-refractivity contribution in [1.29, 1.82) is 0 Å². The van der Waals surface area contributed by atoms with Crippen LogP contribution < -0.4 is 10.5 Å². The molecule has 22 heavy (non-hydrogen) atoms. The fraction of sp³-hybridized carbons (Fsp3) is 0.267. The van der Waals surface area contributed by atoms with Crippen LogP contribution in [0.4, 0.5) is 0 Å². The highest BCUT2D eigenvalue weighted by Gasteiger charge is 2.16. The van der Waals surface area contributed by atoms with Crippen molar-refractivity contribution in [2.24, 2.45) is 5.14 Å². The highest BCUT2D eigenvalue weighted by Crippen LogP contribution is 2.21. The van der Waals surface area contributed by atoms with Crippen LogP contribution >= 0.6 is 0 Å². The van der Waals surface area contributed by atoms with Gasteiger partial charge in [0, 0.05) is 11.1 Å². The molecular formula is C15H18N2O4S. The summed E-state index contributed by atoms with van der Waals surface area (Å²) in [5.41, 5.74) is 1.27. The number of sulfonamides is 1. The number of aryl methyl sites for hydroxylation is 2. The molecule has 0 aliphatic heterocycles. The molecule has 1 aromatic heterocycles. The first-order chi connectivity index (χ1) is 10.2. The van der Waals surface area contributed by atoms with E-state index in [4.69, 9.17) is 9.56 Å². The van der Waals surface area contributed by atoms with Crippen molar-refractivity contribution >= 4 is 15.9 Å². The maximum atomic E-state index is 12.2. The first kappa shape index (κ1) is 16.3. The lowest BCUT2D eigenvalue weighted by molar-refractivity contribution is 0.0939. The van der Waals surface area contributed by atoms with Crippen molar-refractivity contribution in [3.05, 3.63) is 53.0 Å². The molecule has 1 aromatic carbocycles. The van der Waals surface area contributed by atoms with Crippen LogP contribution in [0.15, 0.2) is 39.6 Å². The van der Waals surface area contributed by atoms with Crippen molar-refractivity contribution in [3.63, 3.8) is 0 Å². The fourth-order valence-corrected chi connectivity index (χ4v) is 2.75. The highest BCUT2D eigenvalue weighted by molar-refractivity contribution is 7.89. The molecule has 2 rings (SSSR count). The molecule has 0 bridgehead atoms. The van der Waals surface area contributed by atoms with Gasteiger partial charge in [0.15, 0.2) is 0 Å². The number of furan rings is 1. The summed E-state index contributed by atoms with van der Waals surface area (Å²) in [5, 5.41) is 7.87. The third-order valence-corrected chi connectivity index (χ3v) is 4.27. The summed E-state index contributed by atoms with van der Waals surface area (Å²) in [6, 6.07) is 7.13. The van der Waals surface area contributed by atoms with Gasteiger partial charge < -0.3 is 9.73 Å². The number of benzene rings is 1. The Labute approximate surface area is 129 Å². The molecule has 118 valence electrons. The SMILES string of the molecule is Cc1cc(C(C)NC(=O)c2ccc(S(N)(=O)=O)cc2)c(C)o1. The number of hydrogen-bond donors (Lipinski definition) is 2. The average Bonchev–Trinajstić information content (AvgIpc) is 2.77. The Bertz CT molecular complexity index is 791. The summed E-state index contributed by atoms with van der Waals surface area (Å²) >= 11 is 0. The summed E-state index contributed by atoms with van der Waals surface area (Å²) < 4.78 is 27.8. The third-order valence-electron chi connectivity index (χ3n) is 3.34. The number of primary sulfonamides is 1. The second kappa shape index (κ2) is 5.94. The Morgan fingerprint density at radius 1 is 1.23 bits per heavy atom. The Kier molecular flexibility index (Phi) is 4.39. The van der Waals surface area contributed by atoms with Crippen LogP contribution in [0.3, 0.4) is 0 Å². The average molecular weight is 322 g/mol. The van der Waals surface area contributed by atoms with Crippen LogP contribution in [0.2, 0.25) is 0 Å². The van der Waals surface area contributed by atoms with Crippen LogP contribution in [0.1, 0.15) is 40.4 Å². The van der Waals surface area contributed by atoms with Crippen molar-refractivity contribution in [3.8, 4) is 0 Å². The molecule has 1 unspecified atom stereocenters. The Morgan fingerprint density at radius 2 is 1.82 bits per heavy atom. The number of rotatable bonds is 4. The van der Waals surface area contributed by atoms with Crippen LogP contribution in [0.5, 0.6) is 0 Å². The predicted octanol–water partition coefficient (Wildman–Crippen LogP) is 2.03. The second-order valence-corrected chi connectivity index (χ2v) is 6.69. The minimum absolute atomic E-state index is 0.0293. The number of hydrogen-bond acceptors (Lipinski definition) is 4. The van der Waals surface area contributed by atoms with E-state index in [0.29, 0.717) is 5.56 Å². The largest absolute Gasteiger partial charge is 0.466 e. The van der Waals surface area contributed by atoms with Gasteiger partial charge >= 0.3 is 0 Å². The normalized spacial score (nSPS) is 12.9. The van der Waals surface area contributed by atoms with E-state index in [-0.39, 0.29) is 16.8 Å². The van der Waals surface area contributed by atoms with Crippen LogP contribution in [-0.4, -0.2) is 14.3 Å². The lowest BCUT2D eigenvalue weighted by Crippen LogP contribution is -2.26. The van der Waals surface area contributed by atoms with Gasteiger partial charge in [-0.3, -0.25) is 4.79 Å². The van der Waals surface area contributed by atoms with Gasteiger partial charge in [-0.1, -0.05) is 0 Å². The zero-order chi connectivity index (χ0) is 16.5. The Balaban J connectivity index is 2.14. The van der Waals surface area contributed by atoms with E-state index in [1.807, 2.05) is 26.8 Å². The van der Waals surface area contributed by atoms with Crippen LogP contribution in [0.25, 0.3) is 0 Å². The smallest absolute Gasteiger partial charge is 0.251 e. The lowest BCUT2D eigenvalue weighted by atomic mass is 10.1. The highest BCUT2D eigenvalue weighted by atomic mass is 32.2. The second-order valence-electron chi connectivity index (χ2n) is 5.13. The number of nitrogens with one attached hydrogen (secondary N) is 1. The number of nitrogens with two attached hydrogens (primary N) is 1. The van der Waals surface area contributed by atoms with E-state index in [1.165, 1.54) is 24.3 Å². The summed E-state index contributed by atoms with van der Waals surface area (Å²) in [7, 11) is -3.76. The molecular weight excluding hydrogens is 304 g/mol. The lowest BCUT2D eigenvalue weighted by Gasteiger charge is -2.13. The van der Waals surface area contributed by atoms with Gasteiger partial charge in [0.25, 0.3) is 5.91 Å². The van der Waals surface area contributed by atoms with Gasteiger partial charge in [0.1, 0.15) is 11.5 Å². The zero-order valence-corrected chi connectivity index (χ0v) is 13.4. The monoisotopic (exact) mass is 322 g/mol. The molecule has 2 aromatic rings. The predicted molar refractivity (Wildman–Crippen MR) is 81.9 cm³/mol. The van der Waals surface area contributed by atoms with E-state index in [9.17, 15) is 13.2 Å². The van der Waals surface area contributed by atoms with Crippen molar-refractivity contribution in [2.75, 3.05) is 0 Å². The first-order valence-electron chi connectivity index (χ1n) is 6.69. The number of carbonyl (C=O) groups excluding carboxylic acids is 1. The van der Waals surface area contributed by atoms with Gasteiger partial charge in [0.05, 0.1) is 10.9 Å². The zero-order valence-electron chi connectivity index (χ0n) is 12.6. The molecule has 0 spiro atoms. The van der Waals surface area contributed by atoms with Crippen LogP contribution in [0, 0.1) is 13.8 Å². The molecule has 0 aliphatic rings. The summed E-state index contributed by atoms with van der Waals surface area (Å²) in [6.07, 6.45) is 0. The molecule has 0 radical (unpaired) electrons. The van der Waals surface area contributed by atoms with E-state index in [1.54, 1.807) is 0 Å². The van der Waals surface area contributed by atoms with E-state index >= 15 is 0 Å². The molecule has 0 fully saturated rings. The van der Waals surface area contributed by atoms with Gasteiger partial charge in [0.2, 0.25) is 10.0 Å². The molecule has 0 saturated carbocycles. The fourth-order valence-electron chi connectivity index (χ4n) is 2.23. The molecule has 6 nitrogen and oxygen atoms in total. The van der Waals surface area contributed by atoms with E-state index < -0.39 is 10.0 Å². The maximum Gasteiger partial charge on any atom is 0.251 e. The third kappa shape index (κ3) is 3.55. The molecule has 0 aliphatic carbocycles. The standard InChI is InChI=1S/C15H18N2O4S/c1-9-8-14(11(3)21-9)10(2)17-15(18)12-4-6-13(7-5-12)22(16,19)20/h4-8,10H,1-3H3,(H,17,18)(H2,16,19,20).